The Morgan fingerprint density at radius 3 is 2.23 bits per heavy atom. The van der Waals surface area contributed by atoms with E-state index in [1.54, 1.807) is 19.1 Å². The van der Waals surface area contributed by atoms with Gasteiger partial charge in [0.2, 0.25) is 0 Å². The first-order valence-electron chi connectivity index (χ1n) is 20.6. The molecule has 1 unspecified atom stereocenters. The van der Waals surface area contributed by atoms with Crippen molar-refractivity contribution in [2.24, 2.45) is 0 Å². The Morgan fingerprint density at radius 1 is 1.00 bits per heavy atom. The number of nitrogens with zero attached hydrogens (tertiary/aromatic N) is 4. The third kappa shape index (κ3) is 12.2. The fourth-order valence-corrected chi connectivity index (χ4v) is 9.15. The van der Waals surface area contributed by atoms with Crippen molar-refractivity contribution in [1.82, 2.24) is 14.6 Å². The Labute approximate surface area is 341 Å². The van der Waals surface area contributed by atoms with Crippen LogP contribution in [-0.2, 0) is 47.3 Å². The number of aromatic nitrogens is 3. The SMILES string of the molecule is CCCCCCCCCCCCCCCCCCOC[C@H](CO[P@](O)(=S)OC1[C@H]2O[C@@](C)(c3ccc4c(N)ncnn34)[C@H](O)[C@@]12O)OCc1cc(F)cc(C#N)c1. The molecule has 0 bridgehead atoms. The fraction of sp³-hybridized carbons (Fsp3) is 0.683. The smallest absolute Gasteiger partial charge is 0.325 e. The van der Waals surface area contributed by atoms with E-state index in [2.05, 4.69) is 17.0 Å². The Morgan fingerprint density at radius 2 is 1.63 bits per heavy atom. The Balaban J connectivity index is 1.03. The van der Waals surface area contributed by atoms with E-state index in [0.717, 1.165) is 25.3 Å². The van der Waals surface area contributed by atoms with Crippen molar-refractivity contribution in [1.29, 1.82) is 5.26 Å². The van der Waals surface area contributed by atoms with E-state index in [4.69, 9.17) is 40.8 Å². The minimum atomic E-state index is -4.00. The van der Waals surface area contributed by atoms with Crippen LogP contribution in [-0.4, -0.2) is 79.5 Å². The van der Waals surface area contributed by atoms with E-state index in [1.807, 2.05) is 6.07 Å². The highest BCUT2D eigenvalue weighted by Gasteiger charge is 2.81. The number of fused-ring (bicyclic) bond motifs is 2. The molecule has 2 aliphatic rings. The lowest BCUT2D eigenvalue weighted by Gasteiger charge is -2.32. The van der Waals surface area contributed by atoms with Crippen LogP contribution in [0.3, 0.4) is 0 Å². The third-order valence-electron chi connectivity index (χ3n) is 11.1. The molecule has 0 spiro atoms. The number of aliphatic hydroxyl groups is 2. The standard InChI is InChI=1S/C41H61FN5O8PS/c1-3-4-5-6-7-8-9-10-11-12-13-14-15-16-17-18-21-51-27-33(52-26-31-22-30(25-43)23-32(42)24-31)28-53-56(50,57)55-37-36-41(37,49)39(48)40(2,54-36)35-20-19-34-38(44)45-29-46-47(34)35/h19-20,22-24,29,33,36-37,39,48-49H,3-18,21,26-28H2,1-2H3,(H,50,57)(H2,44,45,46)/t33-,36-,37?,39+,40+,41+,56+/m1/s1. The lowest BCUT2D eigenvalue weighted by atomic mass is 9.91. The normalized spacial score (nSPS) is 24.3. The molecule has 2 fully saturated rings. The summed E-state index contributed by atoms with van der Waals surface area (Å²) in [5.74, 6) is -0.318. The molecule has 3 heterocycles. The number of nitrogen functional groups attached to an aromatic ring is 1. The first-order valence-corrected chi connectivity index (χ1v) is 23.2. The van der Waals surface area contributed by atoms with Gasteiger partial charge in [-0.1, -0.05) is 103 Å². The van der Waals surface area contributed by atoms with Crippen LogP contribution < -0.4 is 5.73 Å². The van der Waals surface area contributed by atoms with Gasteiger partial charge in [0.1, 0.15) is 47.7 Å². The Hall–Kier alpha value is -2.61. The van der Waals surface area contributed by atoms with Gasteiger partial charge in [-0.25, -0.2) is 13.9 Å². The van der Waals surface area contributed by atoms with Gasteiger partial charge >= 0.3 is 6.72 Å². The van der Waals surface area contributed by atoms with Gasteiger partial charge in [-0.3, -0.25) is 4.52 Å². The summed E-state index contributed by atoms with van der Waals surface area (Å²) in [7, 11) is 0. The van der Waals surface area contributed by atoms with Crippen molar-refractivity contribution in [3.63, 3.8) is 0 Å². The minimum Gasteiger partial charge on any atom is -0.386 e. The van der Waals surface area contributed by atoms with Gasteiger partial charge in [0.25, 0.3) is 0 Å². The molecule has 1 aliphatic carbocycles. The maximum Gasteiger partial charge on any atom is 0.325 e. The number of hydrogen-bond acceptors (Lipinski definition) is 12. The zero-order chi connectivity index (χ0) is 40.9. The molecular weight excluding hydrogens is 773 g/mol. The van der Waals surface area contributed by atoms with Crippen molar-refractivity contribution >= 4 is 29.9 Å². The van der Waals surface area contributed by atoms with Gasteiger partial charge < -0.3 is 39.6 Å². The van der Waals surface area contributed by atoms with Crippen molar-refractivity contribution in [2.45, 2.75) is 159 Å². The predicted molar refractivity (Wildman–Crippen MR) is 218 cm³/mol. The molecule has 5 rings (SSSR count). The third-order valence-corrected chi connectivity index (χ3v) is 12.6. The number of hydrogen-bond donors (Lipinski definition) is 4. The topological polar surface area (TPSA) is 187 Å². The summed E-state index contributed by atoms with van der Waals surface area (Å²) < 4.78 is 45.0. The molecule has 3 aromatic rings. The highest BCUT2D eigenvalue weighted by molar-refractivity contribution is 8.07. The Kier molecular flexibility index (Phi) is 17.2. The molecule has 1 aliphatic heterocycles. The lowest BCUT2D eigenvalue weighted by molar-refractivity contribution is -0.125. The summed E-state index contributed by atoms with van der Waals surface area (Å²) in [6, 6.07) is 9.25. The van der Waals surface area contributed by atoms with Crippen molar-refractivity contribution < 1.29 is 42.8 Å². The van der Waals surface area contributed by atoms with E-state index >= 15 is 0 Å². The quantitative estimate of drug-likeness (QED) is 0.0416. The number of anilines is 1. The molecule has 0 amide bonds. The average Bonchev–Trinajstić information content (AvgIpc) is 3.43. The first-order chi connectivity index (χ1) is 27.4. The van der Waals surface area contributed by atoms with Crippen LogP contribution in [0.25, 0.3) is 5.52 Å². The largest absolute Gasteiger partial charge is 0.386 e. The van der Waals surface area contributed by atoms with E-state index in [9.17, 15) is 24.8 Å². The molecule has 2 aromatic heterocycles. The maximum absolute atomic E-state index is 14.1. The molecule has 7 atom stereocenters. The van der Waals surface area contributed by atoms with Crippen LogP contribution in [0.1, 0.15) is 133 Å². The van der Waals surface area contributed by atoms with E-state index in [-0.39, 0.29) is 31.2 Å². The summed E-state index contributed by atoms with van der Waals surface area (Å²) in [6.07, 6.45) is 17.3. The summed E-state index contributed by atoms with van der Waals surface area (Å²) in [5, 5.41) is 36.3. The van der Waals surface area contributed by atoms with Crippen molar-refractivity contribution in [2.75, 3.05) is 25.6 Å². The molecule has 1 saturated heterocycles. The van der Waals surface area contributed by atoms with Crippen molar-refractivity contribution in [3.8, 4) is 6.07 Å². The second-order valence-corrected chi connectivity index (χ2v) is 18.4. The van der Waals surface area contributed by atoms with Crippen LogP contribution in [0.4, 0.5) is 10.2 Å². The second kappa shape index (κ2) is 21.6. The van der Waals surface area contributed by atoms with Gasteiger partial charge in [-0.05, 0) is 61.0 Å². The molecule has 57 heavy (non-hydrogen) atoms. The lowest BCUT2D eigenvalue weighted by Crippen LogP contribution is -2.46. The van der Waals surface area contributed by atoms with Crippen LogP contribution in [0.5, 0.6) is 0 Å². The molecule has 16 heteroatoms. The van der Waals surface area contributed by atoms with Gasteiger partial charge in [0, 0.05) is 6.61 Å². The summed E-state index contributed by atoms with van der Waals surface area (Å²) >= 11 is 5.30. The van der Waals surface area contributed by atoms with E-state index in [0.29, 0.717) is 23.4 Å². The van der Waals surface area contributed by atoms with Crippen LogP contribution in [0.2, 0.25) is 0 Å². The number of ether oxygens (including phenoxy) is 3. The summed E-state index contributed by atoms with van der Waals surface area (Å²) in [6.45, 7) is 0.188. The molecule has 1 aromatic carbocycles. The first kappa shape index (κ1) is 45.5. The van der Waals surface area contributed by atoms with Gasteiger partial charge in [0.15, 0.2) is 11.4 Å². The van der Waals surface area contributed by atoms with Crippen LogP contribution in [0, 0.1) is 17.1 Å². The number of aliphatic hydroxyl groups excluding tert-OH is 1. The number of unbranched alkanes of at least 4 members (excludes halogenated alkanes) is 15. The zero-order valence-corrected chi connectivity index (χ0v) is 35.1. The Bertz CT molecular complexity index is 1820. The van der Waals surface area contributed by atoms with Crippen molar-refractivity contribution in [3.05, 3.63) is 59.3 Å². The van der Waals surface area contributed by atoms with E-state index < -0.39 is 48.2 Å². The molecule has 0 radical (unpaired) electrons. The molecule has 13 nitrogen and oxygen atoms in total. The highest BCUT2D eigenvalue weighted by atomic mass is 32.5. The van der Waals surface area contributed by atoms with Gasteiger partial charge in [0.05, 0.1) is 37.1 Å². The number of rotatable bonds is 28. The summed E-state index contributed by atoms with van der Waals surface area (Å²) in [5.41, 5.74) is 4.26. The van der Waals surface area contributed by atoms with Gasteiger partial charge in [-0.15, -0.1) is 0 Å². The van der Waals surface area contributed by atoms with E-state index in [1.165, 1.54) is 106 Å². The number of nitriles is 1. The van der Waals surface area contributed by atoms with Gasteiger partial charge in [-0.2, -0.15) is 10.4 Å². The van der Waals surface area contributed by atoms with Crippen LogP contribution >= 0.6 is 6.72 Å². The number of halogens is 1. The predicted octanol–water partition coefficient (Wildman–Crippen LogP) is 7.52. The molecule has 316 valence electrons. The minimum absolute atomic E-state index is 0.0495. The number of nitrogens with two attached hydrogens (primary N) is 1. The molecule has 1 saturated carbocycles. The monoisotopic (exact) mass is 833 g/mol. The zero-order valence-electron chi connectivity index (χ0n) is 33.4. The molecule has 5 N–H and O–H groups in total. The van der Waals surface area contributed by atoms with Crippen LogP contribution in [0.15, 0.2) is 36.7 Å². The fourth-order valence-electron chi connectivity index (χ4n) is 7.71. The number of benzene rings is 1. The summed E-state index contributed by atoms with van der Waals surface area (Å²) in [4.78, 5) is 15.0. The second-order valence-electron chi connectivity index (χ2n) is 15.7. The molecular formula is C41H61FN5O8PS. The highest BCUT2D eigenvalue weighted by Crippen LogP contribution is 2.63. The maximum atomic E-state index is 14.1. The average molecular weight is 834 g/mol.